The Morgan fingerprint density at radius 1 is 0.760 bits per heavy atom. The first-order valence-electron chi connectivity index (χ1n) is 8.58. The van der Waals surface area contributed by atoms with Crippen molar-refractivity contribution in [2.75, 3.05) is 0 Å². The highest BCUT2D eigenvalue weighted by Crippen LogP contribution is 2.47. The van der Waals surface area contributed by atoms with E-state index in [1.807, 2.05) is 0 Å². The van der Waals surface area contributed by atoms with Crippen LogP contribution in [0.2, 0.25) is 0 Å². The summed E-state index contributed by atoms with van der Waals surface area (Å²) in [6.45, 7) is 17.9. The van der Waals surface area contributed by atoms with Crippen molar-refractivity contribution in [3.63, 3.8) is 0 Å². The summed E-state index contributed by atoms with van der Waals surface area (Å²) in [4.78, 5) is 1.26. The second-order valence-corrected chi connectivity index (χ2v) is 13.4. The van der Waals surface area contributed by atoms with Gasteiger partial charge in [0.2, 0.25) is 0 Å². The molecular formula is C18H34N2S5. The minimum Gasteiger partial charge on any atom is -0.165 e. The Balaban J connectivity index is 3.21. The minimum absolute atomic E-state index is 0.00168. The molecule has 0 bridgehead atoms. The average molecular weight is 439 g/mol. The van der Waals surface area contributed by atoms with Crippen LogP contribution in [0.15, 0.2) is 0 Å². The van der Waals surface area contributed by atoms with Gasteiger partial charge in [0.05, 0.1) is 10.6 Å². The van der Waals surface area contributed by atoms with E-state index in [2.05, 4.69) is 115 Å². The summed E-state index contributed by atoms with van der Waals surface area (Å²) < 4.78 is 4.36. The quantitative estimate of drug-likeness (QED) is 0.283. The maximum atomic E-state index is 4.57. The molecule has 7 heteroatoms. The summed E-state index contributed by atoms with van der Waals surface area (Å²) in [5.74, 6) is 0. The van der Waals surface area contributed by atoms with Crippen molar-refractivity contribution in [2.45, 2.75) is 88.2 Å². The monoisotopic (exact) mass is 438 g/mol. The molecule has 1 aromatic heterocycles. The zero-order valence-corrected chi connectivity index (χ0v) is 21.1. The van der Waals surface area contributed by atoms with E-state index in [0.29, 0.717) is 0 Å². The summed E-state index contributed by atoms with van der Waals surface area (Å²) in [5, 5.41) is 4.55. The lowest BCUT2D eigenvalue weighted by atomic mass is 9.69. The van der Waals surface area contributed by atoms with Gasteiger partial charge in [-0.2, -0.15) is 50.5 Å². The molecule has 0 aromatic carbocycles. The molecule has 1 heterocycles. The van der Waals surface area contributed by atoms with Crippen molar-refractivity contribution >= 4 is 62.0 Å². The van der Waals surface area contributed by atoms with Gasteiger partial charge in [-0.05, 0) is 35.2 Å². The second-order valence-electron chi connectivity index (χ2n) is 9.80. The molecular weight excluding hydrogens is 405 g/mol. The van der Waals surface area contributed by atoms with Crippen LogP contribution in [0.3, 0.4) is 0 Å². The van der Waals surface area contributed by atoms with Crippen LogP contribution in [0.5, 0.6) is 0 Å². The minimum atomic E-state index is -0.0989. The molecule has 0 aliphatic heterocycles. The molecule has 146 valence electrons. The number of rotatable bonds is 8. The third-order valence-corrected chi connectivity index (χ3v) is 8.82. The number of hydrogen-bond acceptors (Lipinski definition) is 7. The van der Waals surface area contributed by atoms with Gasteiger partial charge in [0, 0.05) is 20.0 Å². The molecule has 0 aliphatic carbocycles. The van der Waals surface area contributed by atoms with Crippen LogP contribution in [0.1, 0.15) is 78.8 Å². The molecule has 0 atom stereocenters. The Labute approximate surface area is 180 Å². The maximum absolute atomic E-state index is 4.57. The smallest absolute Gasteiger partial charge is 0.0849 e. The van der Waals surface area contributed by atoms with Crippen LogP contribution in [0.4, 0.5) is 0 Å². The Morgan fingerprint density at radius 2 is 1.16 bits per heavy atom. The van der Waals surface area contributed by atoms with Crippen LogP contribution in [-0.4, -0.2) is 18.8 Å². The van der Waals surface area contributed by atoms with Crippen molar-refractivity contribution in [2.24, 2.45) is 10.8 Å². The third-order valence-electron chi connectivity index (χ3n) is 4.94. The fraction of sp³-hybridized carbons (Fsp3) is 0.889. The van der Waals surface area contributed by atoms with E-state index in [1.165, 1.54) is 16.4 Å². The summed E-state index contributed by atoms with van der Waals surface area (Å²) in [6.07, 6.45) is 1.91. The SMILES string of the molecule is CC(C)(CC(C)(C)C(S)S)c1nnsc1C(C)(C)CC(C)(C)C(S)S. The molecule has 1 rings (SSSR count). The second kappa shape index (κ2) is 8.14. The largest absolute Gasteiger partial charge is 0.165 e. The lowest BCUT2D eigenvalue weighted by Gasteiger charge is -2.40. The molecule has 0 saturated carbocycles. The lowest BCUT2D eigenvalue weighted by molar-refractivity contribution is 0.261. The molecule has 0 amide bonds. The maximum Gasteiger partial charge on any atom is 0.0849 e. The molecule has 25 heavy (non-hydrogen) atoms. The molecule has 0 N–H and O–H groups in total. The number of aromatic nitrogens is 2. The third kappa shape index (κ3) is 5.97. The van der Waals surface area contributed by atoms with Crippen molar-refractivity contribution in [1.82, 2.24) is 9.59 Å². The van der Waals surface area contributed by atoms with E-state index in [-0.39, 0.29) is 30.8 Å². The summed E-state index contributed by atoms with van der Waals surface area (Å²) in [5.41, 5.74) is 0.948. The molecule has 0 unspecified atom stereocenters. The van der Waals surface area contributed by atoms with Crippen LogP contribution >= 0.6 is 62.0 Å². The van der Waals surface area contributed by atoms with Crippen LogP contribution in [0, 0.1) is 10.8 Å². The standard InChI is InChI=1S/C18H34N2S5/c1-15(2,9-17(5,6)13(21)22)11-12(25-20-19-11)16(3,4)10-18(7,8)14(23)24/h13-14,21-24H,9-10H2,1-8H3. The van der Waals surface area contributed by atoms with Gasteiger partial charge in [-0.25, -0.2) is 0 Å². The van der Waals surface area contributed by atoms with Crippen LogP contribution in [0.25, 0.3) is 0 Å². The molecule has 0 spiro atoms. The molecule has 0 radical (unpaired) electrons. The predicted molar refractivity (Wildman–Crippen MR) is 126 cm³/mol. The Hall–Kier alpha value is 0.960. The van der Waals surface area contributed by atoms with E-state index in [1.54, 1.807) is 0 Å². The van der Waals surface area contributed by atoms with Crippen molar-refractivity contribution in [1.29, 1.82) is 0 Å². The zero-order chi connectivity index (χ0) is 19.8. The highest BCUT2D eigenvalue weighted by molar-refractivity contribution is 7.99. The number of nitrogens with zero attached hydrogens (tertiary/aromatic N) is 2. The fourth-order valence-corrected chi connectivity index (χ4v) is 4.99. The van der Waals surface area contributed by atoms with E-state index >= 15 is 0 Å². The van der Waals surface area contributed by atoms with Crippen molar-refractivity contribution in [3.8, 4) is 0 Å². The molecule has 0 fully saturated rings. The Kier molecular flexibility index (Phi) is 7.81. The lowest BCUT2D eigenvalue weighted by Crippen LogP contribution is -2.35. The van der Waals surface area contributed by atoms with Gasteiger partial charge < -0.3 is 0 Å². The zero-order valence-electron chi connectivity index (χ0n) is 16.7. The first-order valence-corrected chi connectivity index (χ1v) is 11.4. The van der Waals surface area contributed by atoms with E-state index in [4.69, 9.17) is 0 Å². The van der Waals surface area contributed by atoms with Crippen LogP contribution in [-0.2, 0) is 10.8 Å². The topological polar surface area (TPSA) is 25.8 Å². The normalized spacial score (nSPS) is 14.6. The first-order chi connectivity index (χ1) is 11.0. The summed E-state index contributed by atoms with van der Waals surface area (Å²) in [6, 6.07) is 0. The molecule has 0 saturated heterocycles. The Bertz CT molecular complexity index is 525. The Morgan fingerprint density at radius 3 is 1.56 bits per heavy atom. The average Bonchev–Trinajstić information content (AvgIpc) is 2.86. The van der Waals surface area contributed by atoms with Gasteiger partial charge in [-0.3, -0.25) is 0 Å². The molecule has 2 nitrogen and oxygen atoms in total. The van der Waals surface area contributed by atoms with E-state index in [9.17, 15) is 0 Å². The number of thiol groups is 4. The van der Waals surface area contributed by atoms with Gasteiger partial charge in [0.25, 0.3) is 0 Å². The van der Waals surface area contributed by atoms with E-state index < -0.39 is 0 Å². The fourth-order valence-electron chi connectivity index (χ4n) is 3.70. The van der Waals surface area contributed by atoms with Gasteiger partial charge in [-0.1, -0.05) is 59.9 Å². The highest BCUT2D eigenvalue weighted by Gasteiger charge is 2.41. The molecule has 1 aromatic rings. The van der Waals surface area contributed by atoms with Crippen molar-refractivity contribution < 1.29 is 0 Å². The van der Waals surface area contributed by atoms with Gasteiger partial charge in [-0.15, -0.1) is 5.10 Å². The summed E-state index contributed by atoms with van der Waals surface area (Å²) in [7, 11) is 0. The van der Waals surface area contributed by atoms with Crippen molar-refractivity contribution in [3.05, 3.63) is 10.6 Å². The van der Waals surface area contributed by atoms with Gasteiger partial charge in [0.1, 0.15) is 0 Å². The number of hydrogen-bond donors (Lipinski definition) is 4. The first kappa shape index (κ1) is 24.0. The van der Waals surface area contributed by atoms with Gasteiger partial charge in [0.15, 0.2) is 0 Å². The molecule has 0 aliphatic rings. The van der Waals surface area contributed by atoms with E-state index in [0.717, 1.165) is 18.5 Å². The van der Waals surface area contributed by atoms with Crippen LogP contribution < -0.4 is 0 Å². The highest BCUT2D eigenvalue weighted by atomic mass is 32.2. The predicted octanol–water partition coefficient (Wildman–Crippen LogP) is 6.30. The van der Waals surface area contributed by atoms with Gasteiger partial charge >= 0.3 is 0 Å². The summed E-state index contributed by atoms with van der Waals surface area (Å²) >= 11 is 19.8.